The highest BCUT2D eigenvalue weighted by Crippen LogP contribution is 2.29. The van der Waals surface area contributed by atoms with Crippen LogP contribution >= 0.6 is 11.3 Å². The van der Waals surface area contributed by atoms with Crippen molar-refractivity contribution in [1.29, 1.82) is 0 Å². The maximum absolute atomic E-state index is 14.4. The monoisotopic (exact) mass is 339 g/mol. The molecule has 23 heavy (non-hydrogen) atoms. The molecular formula is C14H14FN3O4S. The second-order valence-corrected chi connectivity index (χ2v) is 5.98. The predicted molar refractivity (Wildman–Crippen MR) is 83.4 cm³/mol. The van der Waals surface area contributed by atoms with Gasteiger partial charge in [0.05, 0.1) is 22.4 Å². The third kappa shape index (κ3) is 2.46. The fraction of sp³-hybridized carbons (Fsp3) is 0.357. The number of nitrogens with zero attached hydrogens (tertiary/aromatic N) is 2. The molecule has 3 rings (SSSR count). The molecule has 2 aromatic rings. The number of carbonyl (C=O) groups is 2. The number of likely N-dealkylation sites (N-methyl/N-ethyl adjacent to an activating group) is 1. The molecule has 1 fully saturated rings. The quantitative estimate of drug-likeness (QED) is 0.914. The van der Waals surface area contributed by atoms with Crippen LogP contribution in [-0.4, -0.2) is 36.3 Å². The lowest BCUT2D eigenvalue weighted by atomic mass is 10.2. The van der Waals surface area contributed by atoms with Gasteiger partial charge in [-0.2, -0.15) is 0 Å². The molecule has 1 aliphatic rings. The van der Waals surface area contributed by atoms with Crippen LogP contribution in [0.1, 0.15) is 6.92 Å². The summed E-state index contributed by atoms with van der Waals surface area (Å²) in [5, 5.41) is 2.40. The van der Waals surface area contributed by atoms with Crippen molar-refractivity contribution in [3.05, 3.63) is 27.6 Å². The minimum Gasteiger partial charge on any atom is -0.434 e. The molecule has 0 bridgehead atoms. The Kier molecular flexibility index (Phi) is 3.80. The number of nitrogens with one attached hydrogen (secondary N) is 1. The summed E-state index contributed by atoms with van der Waals surface area (Å²) < 4.78 is 21.2. The molecular weight excluding hydrogens is 325 g/mol. The summed E-state index contributed by atoms with van der Waals surface area (Å²) in [5.74, 6) is -1.02. The zero-order valence-corrected chi connectivity index (χ0v) is 13.3. The first-order chi connectivity index (χ1) is 11.0. The Labute approximate surface area is 134 Å². The van der Waals surface area contributed by atoms with Crippen LogP contribution < -0.4 is 15.1 Å². The number of hydrogen-bond acceptors (Lipinski definition) is 5. The van der Waals surface area contributed by atoms with E-state index in [0.29, 0.717) is 11.2 Å². The highest BCUT2D eigenvalue weighted by atomic mass is 32.1. The van der Waals surface area contributed by atoms with Crippen molar-refractivity contribution >= 4 is 39.2 Å². The lowest BCUT2D eigenvalue weighted by Crippen LogP contribution is -2.35. The van der Waals surface area contributed by atoms with Crippen molar-refractivity contribution in [3.63, 3.8) is 0 Å². The average Bonchev–Trinajstić information content (AvgIpc) is 3.06. The van der Waals surface area contributed by atoms with Gasteiger partial charge in [-0.3, -0.25) is 19.1 Å². The summed E-state index contributed by atoms with van der Waals surface area (Å²) >= 11 is 0.913. The Morgan fingerprint density at radius 3 is 2.87 bits per heavy atom. The summed E-state index contributed by atoms with van der Waals surface area (Å²) in [7, 11) is 1.44. The Morgan fingerprint density at radius 1 is 1.48 bits per heavy atom. The van der Waals surface area contributed by atoms with Gasteiger partial charge in [0, 0.05) is 19.7 Å². The van der Waals surface area contributed by atoms with Crippen LogP contribution in [0.25, 0.3) is 10.2 Å². The van der Waals surface area contributed by atoms with Crippen LogP contribution in [0.3, 0.4) is 0 Å². The number of carbonyl (C=O) groups excluding carboxylic acids is 2. The van der Waals surface area contributed by atoms with Gasteiger partial charge in [0.25, 0.3) is 5.91 Å². The standard InChI is InChI=1S/C14H14FN3O4S/c1-3-17-11-8(15)4-7(5-10(11)23-14(17)21)18-6-9(12(19)16-2)22-13(18)20/h4-5,9H,3,6H2,1-2H3,(H,16,19)/t9-/m1/s1. The molecule has 0 saturated carbocycles. The highest BCUT2D eigenvalue weighted by Gasteiger charge is 2.37. The van der Waals surface area contributed by atoms with Crippen molar-refractivity contribution in [2.75, 3.05) is 18.5 Å². The van der Waals surface area contributed by atoms with E-state index in [4.69, 9.17) is 4.74 Å². The molecule has 1 aromatic carbocycles. The van der Waals surface area contributed by atoms with Gasteiger partial charge in [-0.15, -0.1) is 0 Å². The Bertz CT molecular complexity index is 860. The van der Waals surface area contributed by atoms with Crippen molar-refractivity contribution in [2.45, 2.75) is 19.6 Å². The molecule has 0 spiro atoms. The molecule has 1 atom stereocenters. The molecule has 0 radical (unpaired) electrons. The van der Waals surface area contributed by atoms with Crippen LogP contribution in [0.5, 0.6) is 0 Å². The lowest BCUT2D eigenvalue weighted by molar-refractivity contribution is -0.127. The number of fused-ring (bicyclic) bond motifs is 1. The van der Waals surface area contributed by atoms with Crippen LogP contribution in [0.15, 0.2) is 16.9 Å². The molecule has 0 unspecified atom stereocenters. The second-order valence-electron chi connectivity index (χ2n) is 4.98. The number of thiazole rings is 1. The number of aromatic nitrogens is 1. The van der Waals surface area contributed by atoms with Crippen molar-refractivity contribution < 1.29 is 18.7 Å². The number of ether oxygens (including phenoxy) is 1. The van der Waals surface area contributed by atoms with Crippen LogP contribution in [0.2, 0.25) is 0 Å². The van der Waals surface area contributed by atoms with E-state index in [1.807, 2.05) is 0 Å². The fourth-order valence-corrected chi connectivity index (χ4v) is 3.56. The summed E-state index contributed by atoms with van der Waals surface area (Å²) in [6.07, 6.45) is -1.66. The maximum Gasteiger partial charge on any atom is 0.415 e. The van der Waals surface area contributed by atoms with Crippen molar-refractivity contribution in [3.8, 4) is 0 Å². The smallest absolute Gasteiger partial charge is 0.415 e. The van der Waals surface area contributed by atoms with E-state index < -0.39 is 23.9 Å². The zero-order chi connectivity index (χ0) is 16.7. The molecule has 1 aromatic heterocycles. The number of amides is 2. The molecule has 2 heterocycles. The minimum atomic E-state index is -0.940. The third-order valence-electron chi connectivity index (χ3n) is 3.68. The van der Waals surface area contributed by atoms with E-state index >= 15 is 0 Å². The van der Waals surface area contributed by atoms with Gasteiger partial charge in [-0.25, -0.2) is 9.18 Å². The Hall–Kier alpha value is -2.42. The van der Waals surface area contributed by atoms with Crippen molar-refractivity contribution in [2.24, 2.45) is 0 Å². The second kappa shape index (κ2) is 5.65. The first kappa shape index (κ1) is 15.5. The van der Waals surface area contributed by atoms with Gasteiger partial charge < -0.3 is 10.1 Å². The molecule has 1 saturated heterocycles. The highest BCUT2D eigenvalue weighted by molar-refractivity contribution is 7.16. The fourth-order valence-electron chi connectivity index (χ4n) is 2.55. The predicted octanol–water partition coefficient (Wildman–Crippen LogP) is 1.29. The number of anilines is 1. The maximum atomic E-state index is 14.4. The summed E-state index contributed by atoms with van der Waals surface area (Å²) in [6.45, 7) is 2.11. The number of cyclic esters (lactones) is 1. The summed E-state index contributed by atoms with van der Waals surface area (Å²) in [5.41, 5.74) is 0.484. The van der Waals surface area contributed by atoms with E-state index in [2.05, 4.69) is 5.32 Å². The molecule has 1 aliphatic heterocycles. The molecule has 9 heteroatoms. The van der Waals surface area contributed by atoms with Gasteiger partial charge in [-0.1, -0.05) is 11.3 Å². The van der Waals surface area contributed by atoms with E-state index in [1.54, 1.807) is 13.0 Å². The first-order valence-electron chi connectivity index (χ1n) is 6.99. The molecule has 122 valence electrons. The first-order valence-corrected chi connectivity index (χ1v) is 7.80. The van der Waals surface area contributed by atoms with Gasteiger partial charge in [-0.05, 0) is 13.0 Å². The molecule has 7 nitrogen and oxygen atoms in total. The number of hydrogen-bond donors (Lipinski definition) is 1. The van der Waals surface area contributed by atoms with Crippen molar-refractivity contribution in [1.82, 2.24) is 9.88 Å². The van der Waals surface area contributed by atoms with Gasteiger partial charge in [0.1, 0.15) is 5.82 Å². The minimum absolute atomic E-state index is 0.00710. The average molecular weight is 339 g/mol. The number of halogens is 1. The van der Waals surface area contributed by atoms with Crippen LogP contribution in [0.4, 0.5) is 14.9 Å². The SMILES string of the molecule is CCn1c(=O)sc2cc(N3C[C@H](C(=O)NC)OC3=O)cc(F)c21. The van der Waals surface area contributed by atoms with Gasteiger partial charge >= 0.3 is 11.0 Å². The largest absolute Gasteiger partial charge is 0.434 e. The molecule has 1 N–H and O–H groups in total. The summed E-state index contributed by atoms with van der Waals surface area (Å²) in [4.78, 5) is 36.3. The lowest BCUT2D eigenvalue weighted by Gasteiger charge is -2.13. The van der Waals surface area contributed by atoms with Crippen LogP contribution in [-0.2, 0) is 16.1 Å². The Morgan fingerprint density at radius 2 is 2.22 bits per heavy atom. The number of aryl methyl sites for hydroxylation is 1. The normalized spacial score (nSPS) is 17.6. The van der Waals surface area contributed by atoms with E-state index in [9.17, 15) is 18.8 Å². The van der Waals surface area contributed by atoms with Crippen LogP contribution in [0, 0.1) is 5.82 Å². The molecule has 0 aliphatic carbocycles. The summed E-state index contributed by atoms with van der Waals surface area (Å²) in [6, 6.07) is 2.73. The number of rotatable bonds is 3. The van der Waals surface area contributed by atoms with Gasteiger partial charge in [0.15, 0.2) is 6.10 Å². The number of benzene rings is 1. The van der Waals surface area contributed by atoms with E-state index in [0.717, 1.165) is 11.3 Å². The van der Waals surface area contributed by atoms with E-state index in [1.165, 1.54) is 22.6 Å². The van der Waals surface area contributed by atoms with E-state index in [-0.39, 0.29) is 22.6 Å². The third-order valence-corrected chi connectivity index (χ3v) is 4.61. The van der Waals surface area contributed by atoms with Gasteiger partial charge in [0.2, 0.25) is 0 Å². The zero-order valence-electron chi connectivity index (χ0n) is 12.5. The molecule has 2 amide bonds. The topological polar surface area (TPSA) is 80.6 Å². The Balaban J connectivity index is 2.03.